The quantitative estimate of drug-likeness (QED) is 0.758. The van der Waals surface area contributed by atoms with Gasteiger partial charge in [0.2, 0.25) is 0 Å². The maximum Gasteiger partial charge on any atom is 0.290 e. The summed E-state index contributed by atoms with van der Waals surface area (Å²) < 4.78 is 5.20. The Bertz CT molecular complexity index is 796. The summed E-state index contributed by atoms with van der Waals surface area (Å²) in [5.41, 5.74) is 1.65. The fourth-order valence-electron chi connectivity index (χ4n) is 1.99. The number of fused-ring (bicyclic) bond motifs is 1. The van der Waals surface area contributed by atoms with Gasteiger partial charge in [0.05, 0.1) is 7.11 Å². The average Bonchev–Trinajstić information content (AvgIpc) is 2.48. The Hall–Kier alpha value is -2.69. The summed E-state index contributed by atoms with van der Waals surface area (Å²) in [6.45, 7) is 0. The monoisotopic (exact) mass is 253 g/mol. The third kappa shape index (κ3) is 1.95. The van der Waals surface area contributed by atoms with Crippen LogP contribution in [0.1, 0.15) is 0 Å². The topological polar surface area (TPSA) is 67.9 Å². The second-order valence-corrected chi connectivity index (χ2v) is 4.03. The number of aromatic amines is 1. The van der Waals surface area contributed by atoms with Gasteiger partial charge in [-0.2, -0.15) is 5.10 Å². The molecule has 2 aromatic heterocycles. The van der Waals surface area contributed by atoms with E-state index in [9.17, 15) is 4.79 Å². The number of hydrogen-bond acceptors (Lipinski definition) is 4. The van der Waals surface area contributed by atoms with Gasteiger partial charge in [-0.25, -0.2) is 5.10 Å². The molecule has 0 saturated heterocycles. The van der Waals surface area contributed by atoms with Gasteiger partial charge in [-0.15, -0.1) is 0 Å². The fraction of sp³-hybridized carbons (Fsp3) is 0.0714. The molecule has 0 aliphatic carbocycles. The van der Waals surface area contributed by atoms with Gasteiger partial charge in [0.15, 0.2) is 0 Å². The second kappa shape index (κ2) is 4.53. The lowest BCUT2D eigenvalue weighted by Gasteiger charge is -2.06. The highest BCUT2D eigenvalue weighted by molar-refractivity contribution is 5.91. The Labute approximate surface area is 108 Å². The number of hydrogen-bond donors (Lipinski definition) is 1. The first-order valence-corrected chi connectivity index (χ1v) is 5.77. The van der Waals surface area contributed by atoms with Gasteiger partial charge in [-0.1, -0.05) is 12.1 Å². The minimum absolute atomic E-state index is 0.290. The van der Waals surface area contributed by atoms with Crippen molar-refractivity contribution < 1.29 is 4.74 Å². The van der Waals surface area contributed by atoms with Gasteiger partial charge in [0, 0.05) is 17.1 Å². The van der Waals surface area contributed by atoms with Crippen LogP contribution in [0.15, 0.2) is 47.4 Å². The van der Waals surface area contributed by atoms with E-state index >= 15 is 0 Å². The van der Waals surface area contributed by atoms with Crippen molar-refractivity contribution in [2.24, 2.45) is 0 Å². The number of aromatic nitrogens is 3. The first kappa shape index (κ1) is 11.4. The van der Waals surface area contributed by atoms with Gasteiger partial charge < -0.3 is 4.74 Å². The number of nitrogens with zero attached hydrogens (tertiary/aromatic N) is 2. The molecular weight excluding hydrogens is 242 g/mol. The lowest BCUT2D eigenvalue weighted by molar-refractivity contribution is 0.415. The first-order chi connectivity index (χ1) is 9.29. The van der Waals surface area contributed by atoms with Crippen molar-refractivity contribution in [3.63, 3.8) is 0 Å². The van der Waals surface area contributed by atoms with E-state index < -0.39 is 0 Å². The molecule has 0 fully saturated rings. The van der Waals surface area contributed by atoms with Crippen molar-refractivity contribution in [3.05, 3.63) is 52.9 Å². The summed E-state index contributed by atoms with van der Waals surface area (Å²) in [6, 6.07) is 11.1. The number of nitrogens with one attached hydrogen (secondary N) is 1. The molecule has 0 aliphatic heterocycles. The molecule has 0 aliphatic rings. The van der Waals surface area contributed by atoms with Crippen LogP contribution >= 0.6 is 0 Å². The van der Waals surface area contributed by atoms with Gasteiger partial charge in [0.1, 0.15) is 17.0 Å². The minimum atomic E-state index is -0.290. The highest BCUT2D eigenvalue weighted by atomic mass is 16.5. The van der Waals surface area contributed by atoms with Crippen LogP contribution in [0.4, 0.5) is 0 Å². The summed E-state index contributed by atoms with van der Waals surface area (Å²) in [5, 5.41) is 7.31. The van der Waals surface area contributed by atoms with E-state index in [-0.39, 0.29) is 5.56 Å². The van der Waals surface area contributed by atoms with E-state index in [0.29, 0.717) is 11.2 Å². The van der Waals surface area contributed by atoms with Crippen molar-refractivity contribution in [3.8, 4) is 17.0 Å². The number of H-pyrrole nitrogens is 1. The van der Waals surface area contributed by atoms with Crippen LogP contribution in [0.2, 0.25) is 0 Å². The van der Waals surface area contributed by atoms with Gasteiger partial charge >= 0.3 is 0 Å². The Morgan fingerprint density at radius 1 is 1.21 bits per heavy atom. The Kier molecular flexibility index (Phi) is 2.72. The zero-order valence-electron chi connectivity index (χ0n) is 10.3. The van der Waals surface area contributed by atoms with E-state index in [1.807, 2.05) is 30.3 Å². The molecule has 3 aromatic rings. The van der Waals surface area contributed by atoms with E-state index in [1.165, 1.54) is 0 Å². The van der Waals surface area contributed by atoms with Crippen LogP contribution in [-0.2, 0) is 0 Å². The van der Waals surface area contributed by atoms with Crippen LogP contribution in [0, 0.1) is 0 Å². The number of ether oxygens (including phenoxy) is 1. The summed E-state index contributed by atoms with van der Waals surface area (Å²) in [5.74, 6) is 0.738. The molecule has 5 nitrogen and oxygen atoms in total. The molecule has 1 aromatic carbocycles. The SMILES string of the molecule is COc1cccc(-c2n[nH]c(=O)c3ncccc23)c1. The minimum Gasteiger partial charge on any atom is -0.497 e. The van der Waals surface area contributed by atoms with E-state index in [2.05, 4.69) is 15.2 Å². The van der Waals surface area contributed by atoms with E-state index in [1.54, 1.807) is 19.4 Å². The van der Waals surface area contributed by atoms with Crippen molar-refractivity contribution in [1.29, 1.82) is 0 Å². The smallest absolute Gasteiger partial charge is 0.290 e. The zero-order chi connectivity index (χ0) is 13.2. The fourth-order valence-corrected chi connectivity index (χ4v) is 1.99. The Balaban J connectivity index is 2.31. The van der Waals surface area contributed by atoms with Crippen LogP contribution in [0.5, 0.6) is 5.75 Å². The summed E-state index contributed by atoms with van der Waals surface area (Å²) >= 11 is 0. The predicted octanol–water partition coefficient (Wildman–Crippen LogP) is 1.99. The molecule has 0 unspecified atom stereocenters. The molecule has 0 atom stereocenters. The number of benzene rings is 1. The normalized spacial score (nSPS) is 10.6. The second-order valence-electron chi connectivity index (χ2n) is 4.03. The van der Waals surface area contributed by atoms with Crippen molar-refractivity contribution in [2.45, 2.75) is 0 Å². The summed E-state index contributed by atoms with van der Waals surface area (Å²) in [4.78, 5) is 15.8. The largest absolute Gasteiger partial charge is 0.497 e. The van der Waals surface area contributed by atoms with Crippen LogP contribution in [0.25, 0.3) is 22.2 Å². The van der Waals surface area contributed by atoms with Gasteiger partial charge in [-0.3, -0.25) is 9.78 Å². The highest BCUT2D eigenvalue weighted by Crippen LogP contribution is 2.26. The molecule has 94 valence electrons. The summed E-state index contributed by atoms with van der Waals surface area (Å²) in [7, 11) is 1.61. The van der Waals surface area contributed by atoms with Gasteiger partial charge in [0.25, 0.3) is 5.56 Å². The predicted molar refractivity (Wildman–Crippen MR) is 72.1 cm³/mol. The molecule has 0 radical (unpaired) electrons. The number of pyridine rings is 1. The highest BCUT2D eigenvalue weighted by Gasteiger charge is 2.09. The first-order valence-electron chi connectivity index (χ1n) is 5.77. The maximum absolute atomic E-state index is 11.7. The Morgan fingerprint density at radius 2 is 2.11 bits per heavy atom. The van der Waals surface area contributed by atoms with Crippen molar-refractivity contribution in [2.75, 3.05) is 7.11 Å². The molecule has 0 saturated carbocycles. The molecule has 1 N–H and O–H groups in total. The van der Waals surface area contributed by atoms with Gasteiger partial charge in [-0.05, 0) is 24.3 Å². The van der Waals surface area contributed by atoms with E-state index in [0.717, 1.165) is 16.7 Å². The molecule has 3 rings (SSSR count). The number of rotatable bonds is 2. The number of methoxy groups -OCH3 is 1. The van der Waals surface area contributed by atoms with Crippen LogP contribution in [-0.4, -0.2) is 22.3 Å². The molecule has 19 heavy (non-hydrogen) atoms. The molecule has 2 heterocycles. The van der Waals surface area contributed by atoms with Crippen molar-refractivity contribution >= 4 is 10.9 Å². The van der Waals surface area contributed by atoms with Crippen molar-refractivity contribution in [1.82, 2.24) is 15.2 Å². The lowest BCUT2D eigenvalue weighted by atomic mass is 10.1. The Morgan fingerprint density at radius 3 is 2.95 bits per heavy atom. The third-order valence-electron chi connectivity index (χ3n) is 2.89. The average molecular weight is 253 g/mol. The lowest BCUT2D eigenvalue weighted by Crippen LogP contribution is -2.10. The third-order valence-corrected chi connectivity index (χ3v) is 2.89. The summed E-state index contributed by atoms with van der Waals surface area (Å²) in [6.07, 6.45) is 1.59. The molecular formula is C14H11N3O2. The van der Waals surface area contributed by atoms with Crippen LogP contribution < -0.4 is 10.3 Å². The molecule has 0 spiro atoms. The molecule has 0 amide bonds. The zero-order valence-corrected chi connectivity index (χ0v) is 10.3. The molecule has 5 heteroatoms. The van der Waals surface area contributed by atoms with Crippen LogP contribution in [0.3, 0.4) is 0 Å². The van der Waals surface area contributed by atoms with E-state index in [4.69, 9.17) is 4.74 Å². The molecule has 0 bridgehead atoms. The standard InChI is InChI=1S/C14H11N3O2/c1-19-10-5-2-4-9(8-10)12-11-6-3-7-15-13(11)14(18)17-16-12/h2-8H,1H3,(H,17,18). The maximum atomic E-state index is 11.7.